The minimum absolute atomic E-state index is 0.0907. The SMILES string of the molecule is O=C(C=C(O)c1nc[nH]n1)c1cc(S(=O)(=O)c2ccc(F)cc2)n[nH]1. The molecular weight excluding hydrogens is 353 g/mol. The van der Waals surface area contributed by atoms with E-state index in [1.54, 1.807) is 0 Å². The van der Waals surface area contributed by atoms with Gasteiger partial charge in [0.15, 0.2) is 10.8 Å². The normalized spacial score (nSPS) is 12.3. The average Bonchev–Trinajstić information content (AvgIpc) is 3.27. The van der Waals surface area contributed by atoms with E-state index in [2.05, 4.69) is 25.4 Å². The highest BCUT2D eigenvalue weighted by atomic mass is 32.2. The third-order valence-electron chi connectivity index (χ3n) is 3.13. The second-order valence-electron chi connectivity index (χ2n) is 4.79. The topological polar surface area (TPSA) is 142 Å². The molecule has 2 aromatic heterocycles. The zero-order chi connectivity index (χ0) is 18.0. The van der Waals surface area contributed by atoms with Gasteiger partial charge in [0, 0.05) is 12.1 Å². The molecule has 0 spiro atoms. The van der Waals surface area contributed by atoms with E-state index >= 15 is 0 Å². The van der Waals surface area contributed by atoms with E-state index in [1.165, 1.54) is 6.33 Å². The van der Waals surface area contributed by atoms with Crippen molar-refractivity contribution in [2.24, 2.45) is 0 Å². The molecule has 0 aliphatic heterocycles. The first-order valence-electron chi connectivity index (χ1n) is 6.75. The molecule has 0 aliphatic rings. The number of sulfone groups is 1. The van der Waals surface area contributed by atoms with Gasteiger partial charge in [-0.3, -0.25) is 15.0 Å². The van der Waals surface area contributed by atoms with Crippen molar-refractivity contribution in [3.05, 3.63) is 60.1 Å². The van der Waals surface area contributed by atoms with Crippen molar-refractivity contribution in [3.8, 4) is 0 Å². The lowest BCUT2D eigenvalue weighted by atomic mass is 10.2. The monoisotopic (exact) mass is 363 g/mol. The summed E-state index contributed by atoms with van der Waals surface area (Å²) in [4.78, 5) is 15.6. The predicted molar refractivity (Wildman–Crippen MR) is 81.8 cm³/mol. The van der Waals surface area contributed by atoms with Crippen molar-refractivity contribution in [2.75, 3.05) is 0 Å². The van der Waals surface area contributed by atoms with E-state index in [-0.39, 0.29) is 16.4 Å². The maximum atomic E-state index is 12.9. The molecular formula is C14H10FN5O4S. The van der Waals surface area contributed by atoms with Crippen LogP contribution in [-0.2, 0) is 9.84 Å². The number of carbonyl (C=O) groups is 1. The summed E-state index contributed by atoms with van der Waals surface area (Å²) in [5, 5.41) is 21.2. The van der Waals surface area contributed by atoms with Crippen LogP contribution in [0.3, 0.4) is 0 Å². The molecule has 128 valence electrons. The summed E-state index contributed by atoms with van der Waals surface area (Å²) < 4.78 is 37.7. The zero-order valence-electron chi connectivity index (χ0n) is 12.3. The van der Waals surface area contributed by atoms with Crippen LogP contribution in [0.15, 0.2) is 52.7 Å². The Morgan fingerprint density at radius 3 is 2.56 bits per heavy atom. The molecule has 3 aromatic rings. The Bertz CT molecular complexity index is 1040. The number of aromatic nitrogens is 5. The number of hydrogen-bond acceptors (Lipinski definition) is 7. The van der Waals surface area contributed by atoms with Crippen LogP contribution in [0.4, 0.5) is 4.39 Å². The average molecular weight is 363 g/mol. The molecule has 0 aliphatic carbocycles. The van der Waals surface area contributed by atoms with Gasteiger partial charge in [0.2, 0.25) is 21.4 Å². The Balaban J connectivity index is 1.88. The van der Waals surface area contributed by atoms with Crippen molar-refractivity contribution >= 4 is 21.4 Å². The third-order valence-corrected chi connectivity index (χ3v) is 4.78. The number of benzene rings is 1. The molecule has 0 atom stereocenters. The lowest BCUT2D eigenvalue weighted by molar-refractivity contribution is 0.104. The maximum absolute atomic E-state index is 12.9. The molecule has 0 unspecified atom stereocenters. The van der Waals surface area contributed by atoms with Crippen LogP contribution < -0.4 is 0 Å². The summed E-state index contributed by atoms with van der Waals surface area (Å²) in [5.74, 6) is -1.89. The van der Waals surface area contributed by atoms with Gasteiger partial charge < -0.3 is 5.11 Å². The fraction of sp³-hybridized carbons (Fsp3) is 0. The van der Waals surface area contributed by atoms with Gasteiger partial charge in [-0.05, 0) is 24.3 Å². The quantitative estimate of drug-likeness (QED) is 0.268. The number of allylic oxidation sites excluding steroid dienone is 1. The third kappa shape index (κ3) is 3.30. The first kappa shape index (κ1) is 16.5. The van der Waals surface area contributed by atoms with Crippen molar-refractivity contribution in [2.45, 2.75) is 9.92 Å². The lowest BCUT2D eigenvalue weighted by Crippen LogP contribution is -2.02. The molecule has 2 heterocycles. The van der Waals surface area contributed by atoms with Crippen molar-refractivity contribution in [1.82, 2.24) is 25.4 Å². The van der Waals surface area contributed by atoms with Gasteiger partial charge >= 0.3 is 0 Å². The first-order chi connectivity index (χ1) is 11.9. The van der Waals surface area contributed by atoms with Crippen LogP contribution in [0, 0.1) is 5.82 Å². The van der Waals surface area contributed by atoms with Gasteiger partial charge in [-0.15, -0.1) is 0 Å². The number of ketones is 1. The van der Waals surface area contributed by atoms with Crippen molar-refractivity contribution in [3.63, 3.8) is 0 Å². The number of aliphatic hydroxyl groups is 1. The summed E-state index contributed by atoms with van der Waals surface area (Å²) in [6.45, 7) is 0. The van der Waals surface area contributed by atoms with Crippen LogP contribution in [0.25, 0.3) is 5.76 Å². The van der Waals surface area contributed by atoms with E-state index in [9.17, 15) is 22.7 Å². The molecule has 0 radical (unpaired) electrons. The van der Waals surface area contributed by atoms with Gasteiger partial charge in [0.25, 0.3) is 0 Å². The van der Waals surface area contributed by atoms with Crippen LogP contribution in [-0.4, -0.2) is 44.7 Å². The number of rotatable bonds is 5. The number of aliphatic hydroxyl groups excluding tert-OH is 1. The number of nitrogens with zero attached hydrogens (tertiary/aromatic N) is 3. The van der Waals surface area contributed by atoms with E-state index < -0.39 is 32.2 Å². The number of H-pyrrole nitrogens is 2. The summed E-state index contributed by atoms with van der Waals surface area (Å²) in [6, 6.07) is 5.21. The van der Waals surface area contributed by atoms with Gasteiger partial charge in [0.05, 0.1) is 4.90 Å². The molecule has 0 saturated carbocycles. The summed E-state index contributed by atoms with van der Waals surface area (Å²) in [6.07, 6.45) is 2.04. The number of carbonyl (C=O) groups excluding carboxylic acids is 1. The van der Waals surface area contributed by atoms with E-state index in [1.807, 2.05) is 0 Å². The van der Waals surface area contributed by atoms with Crippen LogP contribution in [0.1, 0.15) is 16.3 Å². The zero-order valence-corrected chi connectivity index (χ0v) is 13.2. The number of nitrogens with one attached hydrogen (secondary N) is 2. The van der Waals surface area contributed by atoms with Crippen molar-refractivity contribution in [1.29, 1.82) is 0 Å². The number of halogens is 1. The summed E-state index contributed by atoms with van der Waals surface area (Å²) in [7, 11) is -4.01. The highest BCUT2D eigenvalue weighted by molar-refractivity contribution is 7.91. The molecule has 3 N–H and O–H groups in total. The highest BCUT2D eigenvalue weighted by Crippen LogP contribution is 2.20. The maximum Gasteiger partial charge on any atom is 0.225 e. The standard InChI is InChI=1S/C14H10FN5O4S/c15-8-1-3-9(4-2-8)25(23,24)13-5-10(18-19-13)11(21)6-12(22)14-16-7-17-20-14/h1-7,22H,(H,18,19)(H,16,17,20). The Kier molecular flexibility index (Phi) is 4.15. The van der Waals surface area contributed by atoms with Gasteiger partial charge in [-0.25, -0.2) is 17.8 Å². The van der Waals surface area contributed by atoms with Crippen molar-refractivity contribution < 1.29 is 22.7 Å². The fourth-order valence-electron chi connectivity index (χ4n) is 1.90. The minimum Gasteiger partial charge on any atom is -0.504 e. The largest absolute Gasteiger partial charge is 0.504 e. The van der Waals surface area contributed by atoms with Crippen LogP contribution in [0.2, 0.25) is 0 Å². The molecule has 9 nitrogen and oxygen atoms in total. The van der Waals surface area contributed by atoms with Gasteiger partial charge in [0.1, 0.15) is 17.8 Å². The fourth-order valence-corrected chi connectivity index (χ4v) is 3.08. The second kappa shape index (κ2) is 6.28. The molecule has 3 rings (SSSR count). The Morgan fingerprint density at radius 2 is 1.92 bits per heavy atom. The predicted octanol–water partition coefficient (Wildman–Crippen LogP) is 1.28. The molecule has 25 heavy (non-hydrogen) atoms. The van der Waals surface area contributed by atoms with E-state index in [0.29, 0.717) is 0 Å². The Labute approximate surface area is 140 Å². The second-order valence-corrected chi connectivity index (χ2v) is 6.69. The van der Waals surface area contributed by atoms with Crippen LogP contribution >= 0.6 is 0 Å². The van der Waals surface area contributed by atoms with Crippen LogP contribution in [0.5, 0.6) is 0 Å². The van der Waals surface area contributed by atoms with E-state index in [4.69, 9.17) is 0 Å². The Morgan fingerprint density at radius 1 is 1.20 bits per heavy atom. The Hall–Kier alpha value is -3.34. The number of aromatic amines is 2. The molecule has 0 fully saturated rings. The molecule has 0 saturated heterocycles. The highest BCUT2D eigenvalue weighted by Gasteiger charge is 2.22. The lowest BCUT2D eigenvalue weighted by Gasteiger charge is -1.99. The smallest absolute Gasteiger partial charge is 0.225 e. The van der Waals surface area contributed by atoms with Gasteiger partial charge in [-0.2, -0.15) is 10.2 Å². The van der Waals surface area contributed by atoms with Gasteiger partial charge in [-0.1, -0.05) is 0 Å². The molecule has 0 amide bonds. The minimum atomic E-state index is -4.01. The molecule has 11 heteroatoms. The van der Waals surface area contributed by atoms with E-state index in [0.717, 1.165) is 36.4 Å². The molecule has 1 aromatic carbocycles. The first-order valence-corrected chi connectivity index (χ1v) is 8.23. The summed E-state index contributed by atoms with van der Waals surface area (Å²) in [5.41, 5.74) is -0.164. The molecule has 0 bridgehead atoms. The number of hydrogen-bond donors (Lipinski definition) is 3. The summed E-state index contributed by atoms with van der Waals surface area (Å²) >= 11 is 0.